The molecule has 1 aliphatic rings. The van der Waals surface area contributed by atoms with E-state index in [2.05, 4.69) is 5.32 Å². The average molecular weight is 365 g/mol. The summed E-state index contributed by atoms with van der Waals surface area (Å²) in [7, 11) is 0. The lowest BCUT2D eigenvalue weighted by molar-refractivity contribution is -0.139. The predicted octanol–water partition coefficient (Wildman–Crippen LogP) is 1.36. The van der Waals surface area contributed by atoms with Crippen LogP contribution in [0.5, 0.6) is 0 Å². The molecule has 2 aromatic rings. The van der Waals surface area contributed by atoms with Crippen molar-refractivity contribution in [3.63, 3.8) is 0 Å². The highest BCUT2D eigenvalue weighted by atomic mass is 16.2. The molecular formula is C20H19N3O4. The summed E-state index contributed by atoms with van der Waals surface area (Å²) in [4.78, 5) is 47.9. The molecule has 1 heterocycles. The number of hydrogen-bond donors (Lipinski definition) is 2. The largest absolute Gasteiger partial charge is 0.366 e. The topological polar surface area (TPSA) is 110 Å². The van der Waals surface area contributed by atoms with Gasteiger partial charge in [-0.1, -0.05) is 24.3 Å². The van der Waals surface area contributed by atoms with Crippen LogP contribution in [0.1, 0.15) is 44.7 Å². The summed E-state index contributed by atoms with van der Waals surface area (Å²) in [6.07, 6.45) is 0.527. The van der Waals surface area contributed by atoms with Crippen LogP contribution in [0.25, 0.3) is 0 Å². The Morgan fingerprint density at radius 2 is 1.37 bits per heavy atom. The third-order valence-electron chi connectivity index (χ3n) is 4.40. The maximum atomic E-state index is 12.2. The zero-order valence-electron chi connectivity index (χ0n) is 14.6. The van der Waals surface area contributed by atoms with Crippen LogP contribution < -0.4 is 11.1 Å². The lowest BCUT2D eigenvalue weighted by atomic mass is 10.1. The van der Waals surface area contributed by atoms with E-state index in [1.165, 1.54) is 4.90 Å². The van der Waals surface area contributed by atoms with E-state index in [-0.39, 0.29) is 37.1 Å². The molecule has 0 bridgehead atoms. The van der Waals surface area contributed by atoms with E-state index in [4.69, 9.17) is 5.73 Å². The second-order valence-electron chi connectivity index (χ2n) is 6.31. The van der Waals surface area contributed by atoms with E-state index in [0.29, 0.717) is 17.7 Å². The Morgan fingerprint density at radius 1 is 0.852 bits per heavy atom. The molecule has 0 atom stereocenters. The summed E-state index contributed by atoms with van der Waals surface area (Å²) in [5.41, 5.74) is 7.72. The van der Waals surface area contributed by atoms with Crippen LogP contribution in [0.2, 0.25) is 0 Å². The molecule has 1 saturated heterocycles. The Labute approximate surface area is 156 Å². The van der Waals surface area contributed by atoms with Gasteiger partial charge in [-0.2, -0.15) is 0 Å². The van der Waals surface area contributed by atoms with Gasteiger partial charge in [0.25, 0.3) is 5.91 Å². The number of nitrogens with zero attached hydrogens (tertiary/aromatic N) is 1. The minimum Gasteiger partial charge on any atom is -0.366 e. The molecule has 0 radical (unpaired) electrons. The van der Waals surface area contributed by atoms with Crippen molar-refractivity contribution in [3.8, 4) is 0 Å². The number of nitrogens with two attached hydrogens (primary N) is 1. The quantitative estimate of drug-likeness (QED) is 0.753. The molecular weight excluding hydrogens is 346 g/mol. The van der Waals surface area contributed by atoms with Gasteiger partial charge in [0.2, 0.25) is 17.7 Å². The molecule has 138 valence electrons. The van der Waals surface area contributed by atoms with E-state index in [0.717, 1.165) is 11.1 Å². The molecule has 0 unspecified atom stereocenters. The molecule has 1 aliphatic heterocycles. The highest BCUT2D eigenvalue weighted by Crippen LogP contribution is 2.16. The zero-order chi connectivity index (χ0) is 19.4. The van der Waals surface area contributed by atoms with Crippen LogP contribution >= 0.6 is 0 Å². The van der Waals surface area contributed by atoms with Gasteiger partial charge in [-0.25, -0.2) is 0 Å². The number of hydrogen-bond acceptors (Lipinski definition) is 4. The number of amides is 4. The Morgan fingerprint density at radius 3 is 1.93 bits per heavy atom. The highest BCUT2D eigenvalue weighted by molar-refractivity contribution is 6.01. The number of likely N-dealkylation sites (tertiary alicyclic amines) is 1. The normalized spacial score (nSPS) is 13.7. The number of primary amides is 1. The molecule has 7 nitrogen and oxygen atoms in total. The number of rotatable bonds is 6. The first kappa shape index (κ1) is 18.3. The van der Waals surface area contributed by atoms with Gasteiger partial charge in [0, 0.05) is 30.5 Å². The monoisotopic (exact) mass is 365 g/mol. The Balaban J connectivity index is 1.56. The third-order valence-corrected chi connectivity index (χ3v) is 4.40. The molecule has 0 spiro atoms. The minimum absolute atomic E-state index is 0.163. The maximum absolute atomic E-state index is 12.2. The molecule has 4 amide bonds. The third kappa shape index (κ3) is 4.38. The van der Waals surface area contributed by atoms with Gasteiger partial charge in [-0.15, -0.1) is 0 Å². The molecule has 7 heteroatoms. The molecule has 3 rings (SSSR count). The van der Waals surface area contributed by atoms with Crippen molar-refractivity contribution in [2.45, 2.75) is 25.9 Å². The second kappa shape index (κ2) is 7.82. The van der Waals surface area contributed by atoms with E-state index < -0.39 is 5.91 Å². The van der Waals surface area contributed by atoms with Gasteiger partial charge in [0.1, 0.15) is 0 Å². The van der Waals surface area contributed by atoms with Crippen molar-refractivity contribution in [2.24, 2.45) is 5.73 Å². The van der Waals surface area contributed by atoms with Gasteiger partial charge in [-0.05, 0) is 35.4 Å². The summed E-state index contributed by atoms with van der Waals surface area (Å²) in [5, 5.41) is 2.80. The smallest absolute Gasteiger partial charge is 0.251 e. The first-order valence-electron chi connectivity index (χ1n) is 8.53. The molecule has 0 aromatic heterocycles. The average Bonchev–Trinajstić information content (AvgIpc) is 2.99. The molecule has 27 heavy (non-hydrogen) atoms. The fourth-order valence-corrected chi connectivity index (χ4v) is 2.81. The zero-order valence-corrected chi connectivity index (χ0v) is 14.6. The number of imide groups is 1. The van der Waals surface area contributed by atoms with Gasteiger partial charge < -0.3 is 11.1 Å². The fraction of sp³-hybridized carbons (Fsp3) is 0.200. The lowest BCUT2D eigenvalue weighted by Gasteiger charge is -2.14. The first-order chi connectivity index (χ1) is 12.9. The second-order valence-corrected chi connectivity index (χ2v) is 6.31. The van der Waals surface area contributed by atoms with Crippen molar-refractivity contribution >= 4 is 23.6 Å². The SMILES string of the molecule is NC(=O)c1ccc(CNC(=O)c2ccc(CN3C(=O)CCC3=O)cc2)cc1. The van der Waals surface area contributed by atoms with Crippen LogP contribution in [0.3, 0.4) is 0 Å². The Bertz CT molecular complexity index is 872. The molecule has 1 fully saturated rings. The van der Waals surface area contributed by atoms with Gasteiger partial charge >= 0.3 is 0 Å². The summed E-state index contributed by atoms with van der Waals surface area (Å²) in [5.74, 6) is -1.06. The van der Waals surface area contributed by atoms with Crippen LogP contribution in [-0.4, -0.2) is 28.5 Å². The van der Waals surface area contributed by atoms with E-state index in [1.54, 1.807) is 48.5 Å². The number of carbonyl (C=O) groups is 4. The number of nitrogens with one attached hydrogen (secondary N) is 1. The van der Waals surface area contributed by atoms with Crippen molar-refractivity contribution < 1.29 is 19.2 Å². The van der Waals surface area contributed by atoms with E-state index >= 15 is 0 Å². The van der Waals surface area contributed by atoms with Crippen molar-refractivity contribution in [3.05, 3.63) is 70.8 Å². The molecule has 3 N–H and O–H groups in total. The fourth-order valence-electron chi connectivity index (χ4n) is 2.81. The van der Waals surface area contributed by atoms with Crippen molar-refractivity contribution in [2.75, 3.05) is 0 Å². The van der Waals surface area contributed by atoms with Crippen LogP contribution in [0.4, 0.5) is 0 Å². The molecule has 0 aliphatic carbocycles. The Hall–Kier alpha value is -3.48. The summed E-state index contributed by atoms with van der Waals surface area (Å²) in [6, 6.07) is 13.5. The molecule has 2 aromatic carbocycles. The number of benzene rings is 2. The summed E-state index contributed by atoms with van der Waals surface area (Å²) < 4.78 is 0. The van der Waals surface area contributed by atoms with E-state index in [9.17, 15) is 19.2 Å². The van der Waals surface area contributed by atoms with E-state index in [1.807, 2.05) is 0 Å². The van der Waals surface area contributed by atoms with Crippen LogP contribution in [0.15, 0.2) is 48.5 Å². The summed E-state index contributed by atoms with van der Waals surface area (Å²) >= 11 is 0. The lowest BCUT2D eigenvalue weighted by Crippen LogP contribution is -2.28. The predicted molar refractivity (Wildman–Crippen MR) is 97.4 cm³/mol. The standard InChI is InChI=1S/C20H19N3O4/c21-19(26)15-5-1-13(2-6-15)11-22-20(27)16-7-3-14(4-8-16)12-23-17(24)9-10-18(23)25/h1-8H,9-12H2,(H2,21,26)(H,22,27). The highest BCUT2D eigenvalue weighted by Gasteiger charge is 2.28. The molecule has 0 saturated carbocycles. The first-order valence-corrected chi connectivity index (χ1v) is 8.53. The summed E-state index contributed by atoms with van der Waals surface area (Å²) in [6.45, 7) is 0.544. The van der Waals surface area contributed by atoms with Crippen molar-refractivity contribution in [1.82, 2.24) is 10.2 Å². The van der Waals surface area contributed by atoms with Crippen LogP contribution in [-0.2, 0) is 22.7 Å². The van der Waals surface area contributed by atoms with Gasteiger partial charge in [0.05, 0.1) is 6.54 Å². The number of carbonyl (C=O) groups excluding carboxylic acids is 4. The van der Waals surface area contributed by atoms with Crippen LogP contribution in [0, 0.1) is 0 Å². The maximum Gasteiger partial charge on any atom is 0.251 e. The minimum atomic E-state index is -0.497. The van der Waals surface area contributed by atoms with Crippen molar-refractivity contribution in [1.29, 1.82) is 0 Å². The van der Waals surface area contributed by atoms with Gasteiger partial charge in [-0.3, -0.25) is 24.1 Å². The van der Waals surface area contributed by atoms with Gasteiger partial charge in [0.15, 0.2) is 0 Å². The Kier molecular flexibility index (Phi) is 5.30.